The van der Waals surface area contributed by atoms with E-state index in [0.717, 1.165) is 0 Å². The van der Waals surface area contributed by atoms with E-state index in [9.17, 15) is 9.59 Å². The van der Waals surface area contributed by atoms with Crippen molar-refractivity contribution >= 4 is 41.5 Å². The van der Waals surface area contributed by atoms with E-state index in [1.54, 1.807) is 12.1 Å². The van der Waals surface area contributed by atoms with Crippen molar-refractivity contribution in [1.82, 2.24) is 10.6 Å². The maximum atomic E-state index is 11.8. The van der Waals surface area contributed by atoms with Crippen LogP contribution in [0.3, 0.4) is 0 Å². The van der Waals surface area contributed by atoms with E-state index in [-0.39, 0.29) is 43.2 Å². The van der Waals surface area contributed by atoms with Gasteiger partial charge in [-0.3, -0.25) is 9.59 Å². The van der Waals surface area contributed by atoms with Gasteiger partial charge in [0.2, 0.25) is 5.91 Å². The summed E-state index contributed by atoms with van der Waals surface area (Å²) in [6.07, 6.45) is 0.233. The van der Waals surface area contributed by atoms with Crippen LogP contribution in [0.1, 0.15) is 30.6 Å². The fourth-order valence-electron chi connectivity index (χ4n) is 1.49. The summed E-state index contributed by atoms with van der Waals surface area (Å²) >= 11 is 5.91. The standard InChI is InChI=1S/C13H18ClN3O2.ClH/c1-8(2)17-12(18)5-6-16-13(19)10-4-3-9(15)7-11(10)14;/h3-4,7-8H,5-6,15H2,1-2H3,(H,16,19)(H,17,18);1H. The highest BCUT2D eigenvalue weighted by Crippen LogP contribution is 2.18. The average molecular weight is 320 g/mol. The Morgan fingerprint density at radius 1 is 1.35 bits per heavy atom. The Labute approximate surface area is 129 Å². The Balaban J connectivity index is 0.00000361. The number of carbonyl (C=O) groups is 2. The molecule has 7 heteroatoms. The third-order valence-electron chi connectivity index (χ3n) is 2.33. The predicted octanol–water partition coefficient (Wildman–Crippen LogP) is 1.99. The smallest absolute Gasteiger partial charge is 0.252 e. The molecular formula is C13H19Cl2N3O2. The minimum atomic E-state index is -0.317. The Kier molecular flexibility index (Phi) is 8.03. The molecule has 0 aliphatic heterocycles. The molecule has 112 valence electrons. The number of nitrogens with two attached hydrogens (primary N) is 1. The molecule has 0 aliphatic carbocycles. The van der Waals surface area contributed by atoms with Crippen molar-refractivity contribution in [3.63, 3.8) is 0 Å². The van der Waals surface area contributed by atoms with Gasteiger partial charge in [0.1, 0.15) is 0 Å². The van der Waals surface area contributed by atoms with Crippen molar-refractivity contribution in [2.24, 2.45) is 0 Å². The summed E-state index contributed by atoms with van der Waals surface area (Å²) in [7, 11) is 0. The van der Waals surface area contributed by atoms with Gasteiger partial charge in [-0.25, -0.2) is 0 Å². The number of anilines is 1. The topological polar surface area (TPSA) is 84.2 Å². The minimum absolute atomic E-state index is 0. The van der Waals surface area contributed by atoms with Crippen molar-refractivity contribution in [1.29, 1.82) is 0 Å². The number of nitrogen functional groups attached to an aromatic ring is 1. The lowest BCUT2D eigenvalue weighted by Crippen LogP contribution is -2.34. The second-order valence-electron chi connectivity index (χ2n) is 4.47. The highest BCUT2D eigenvalue weighted by atomic mass is 35.5. The molecule has 0 saturated carbocycles. The van der Waals surface area contributed by atoms with Crippen LogP contribution in [0.25, 0.3) is 0 Å². The summed E-state index contributed by atoms with van der Waals surface area (Å²) in [6, 6.07) is 4.77. The van der Waals surface area contributed by atoms with Crippen molar-refractivity contribution in [2.45, 2.75) is 26.3 Å². The van der Waals surface area contributed by atoms with Gasteiger partial charge in [-0.2, -0.15) is 0 Å². The monoisotopic (exact) mass is 319 g/mol. The second kappa shape index (κ2) is 8.66. The zero-order valence-electron chi connectivity index (χ0n) is 11.4. The molecule has 1 aromatic rings. The van der Waals surface area contributed by atoms with Crippen LogP contribution < -0.4 is 16.4 Å². The molecule has 1 aromatic carbocycles. The third-order valence-corrected chi connectivity index (χ3v) is 2.64. The summed E-state index contributed by atoms with van der Waals surface area (Å²) in [5.41, 5.74) is 6.39. The van der Waals surface area contributed by atoms with Crippen molar-refractivity contribution in [2.75, 3.05) is 12.3 Å². The normalized spacial score (nSPS) is 9.80. The molecule has 1 rings (SSSR count). The zero-order chi connectivity index (χ0) is 14.4. The molecule has 4 N–H and O–H groups in total. The van der Waals surface area contributed by atoms with E-state index < -0.39 is 0 Å². The number of hydrogen-bond acceptors (Lipinski definition) is 3. The van der Waals surface area contributed by atoms with Crippen LogP contribution >= 0.6 is 24.0 Å². The lowest BCUT2D eigenvalue weighted by molar-refractivity contribution is -0.121. The van der Waals surface area contributed by atoms with Crippen LogP contribution in [0.4, 0.5) is 5.69 Å². The molecule has 2 amide bonds. The molecule has 0 heterocycles. The van der Waals surface area contributed by atoms with Gasteiger partial charge in [0, 0.05) is 24.7 Å². The van der Waals surface area contributed by atoms with Crippen LogP contribution in [-0.4, -0.2) is 24.4 Å². The predicted molar refractivity (Wildman–Crippen MR) is 83.3 cm³/mol. The molecule has 0 spiro atoms. The number of amides is 2. The van der Waals surface area contributed by atoms with Gasteiger partial charge in [-0.1, -0.05) is 11.6 Å². The SMILES string of the molecule is CC(C)NC(=O)CCNC(=O)c1ccc(N)cc1Cl.Cl. The first kappa shape index (κ1) is 18.5. The highest BCUT2D eigenvalue weighted by molar-refractivity contribution is 6.34. The molecule has 0 aliphatic rings. The molecule has 0 atom stereocenters. The lowest BCUT2D eigenvalue weighted by Gasteiger charge is -2.09. The molecule has 0 bridgehead atoms. The van der Waals surface area contributed by atoms with Crippen molar-refractivity contribution < 1.29 is 9.59 Å². The highest BCUT2D eigenvalue weighted by Gasteiger charge is 2.10. The minimum Gasteiger partial charge on any atom is -0.399 e. The Hall–Kier alpha value is -1.46. The third kappa shape index (κ3) is 6.12. The van der Waals surface area contributed by atoms with E-state index >= 15 is 0 Å². The van der Waals surface area contributed by atoms with Crippen molar-refractivity contribution in [3.8, 4) is 0 Å². The van der Waals surface area contributed by atoms with Gasteiger partial charge in [-0.15, -0.1) is 12.4 Å². The van der Waals surface area contributed by atoms with Crippen LogP contribution in [0.2, 0.25) is 5.02 Å². The molecule has 0 unspecified atom stereocenters. The Morgan fingerprint density at radius 3 is 2.55 bits per heavy atom. The molecule has 0 fully saturated rings. The second-order valence-corrected chi connectivity index (χ2v) is 4.87. The molecule has 5 nitrogen and oxygen atoms in total. The average Bonchev–Trinajstić information content (AvgIpc) is 2.27. The quantitative estimate of drug-likeness (QED) is 0.726. The van der Waals surface area contributed by atoms with Crippen LogP contribution in [-0.2, 0) is 4.79 Å². The molecule has 0 saturated heterocycles. The molecule has 0 aromatic heterocycles. The molecular weight excluding hydrogens is 301 g/mol. The van der Waals surface area contributed by atoms with Gasteiger partial charge in [0.05, 0.1) is 10.6 Å². The summed E-state index contributed by atoms with van der Waals surface area (Å²) < 4.78 is 0. The molecule has 0 radical (unpaired) electrons. The van der Waals surface area contributed by atoms with E-state index in [4.69, 9.17) is 17.3 Å². The Bertz CT molecular complexity index is 479. The largest absolute Gasteiger partial charge is 0.399 e. The number of nitrogens with one attached hydrogen (secondary N) is 2. The Morgan fingerprint density at radius 2 is 2.00 bits per heavy atom. The van der Waals surface area contributed by atoms with Crippen LogP contribution in [0, 0.1) is 0 Å². The van der Waals surface area contributed by atoms with Gasteiger partial charge < -0.3 is 16.4 Å². The fraction of sp³-hybridized carbons (Fsp3) is 0.385. The van der Waals surface area contributed by atoms with Crippen molar-refractivity contribution in [3.05, 3.63) is 28.8 Å². The lowest BCUT2D eigenvalue weighted by atomic mass is 10.2. The summed E-state index contributed by atoms with van der Waals surface area (Å²) in [5, 5.41) is 5.68. The maximum Gasteiger partial charge on any atom is 0.252 e. The summed E-state index contributed by atoms with van der Waals surface area (Å²) in [5.74, 6) is -0.416. The number of hydrogen-bond donors (Lipinski definition) is 3. The van der Waals surface area contributed by atoms with Gasteiger partial charge in [0.25, 0.3) is 5.91 Å². The van der Waals surface area contributed by atoms with Gasteiger partial charge in [-0.05, 0) is 32.0 Å². The number of halogens is 2. The van der Waals surface area contributed by atoms with E-state index in [2.05, 4.69) is 10.6 Å². The number of rotatable bonds is 5. The van der Waals surface area contributed by atoms with E-state index in [1.165, 1.54) is 6.07 Å². The maximum absolute atomic E-state index is 11.8. The summed E-state index contributed by atoms with van der Waals surface area (Å²) in [6.45, 7) is 4.02. The van der Waals surface area contributed by atoms with Gasteiger partial charge >= 0.3 is 0 Å². The molecule has 20 heavy (non-hydrogen) atoms. The number of benzene rings is 1. The van der Waals surface area contributed by atoms with E-state index in [1.807, 2.05) is 13.8 Å². The number of carbonyl (C=O) groups excluding carboxylic acids is 2. The van der Waals surface area contributed by atoms with Crippen LogP contribution in [0.5, 0.6) is 0 Å². The first-order chi connectivity index (χ1) is 8.90. The zero-order valence-corrected chi connectivity index (χ0v) is 13.0. The first-order valence-electron chi connectivity index (χ1n) is 6.02. The first-order valence-corrected chi connectivity index (χ1v) is 6.40. The van der Waals surface area contributed by atoms with Crippen LogP contribution in [0.15, 0.2) is 18.2 Å². The van der Waals surface area contributed by atoms with E-state index in [0.29, 0.717) is 16.3 Å². The summed E-state index contributed by atoms with van der Waals surface area (Å²) in [4.78, 5) is 23.2. The van der Waals surface area contributed by atoms with Gasteiger partial charge in [0.15, 0.2) is 0 Å². The fourth-order valence-corrected chi connectivity index (χ4v) is 1.77.